The van der Waals surface area contributed by atoms with Crippen LogP contribution in [0, 0.1) is 12.8 Å². The molecule has 2 heterocycles. The first kappa shape index (κ1) is 16.5. The molecule has 2 aliphatic heterocycles. The van der Waals surface area contributed by atoms with Gasteiger partial charge in [0, 0.05) is 23.6 Å². The Labute approximate surface area is 133 Å². The Morgan fingerprint density at radius 3 is 2.35 bits per heavy atom. The number of ether oxygens (including phenoxy) is 1. The second kappa shape index (κ2) is 5.91. The smallest absolute Gasteiger partial charge is 0.378 e. The summed E-state index contributed by atoms with van der Waals surface area (Å²) in [5.41, 5.74) is 0.0944. The molecule has 2 unspecified atom stereocenters. The first-order valence-corrected chi connectivity index (χ1v) is 7.79. The van der Waals surface area contributed by atoms with E-state index in [4.69, 9.17) is 4.74 Å². The fourth-order valence-corrected chi connectivity index (χ4v) is 3.65. The molecule has 2 bridgehead atoms. The number of Topliss-reactive ketones (excluding diaryl/α,β-unsaturated/α-hetero) is 1. The van der Waals surface area contributed by atoms with E-state index in [-0.39, 0.29) is 23.8 Å². The maximum atomic E-state index is 12.8. The molecule has 0 saturated carbocycles. The summed E-state index contributed by atoms with van der Waals surface area (Å²) >= 11 is 0. The van der Waals surface area contributed by atoms with Crippen molar-refractivity contribution in [2.24, 2.45) is 5.92 Å². The van der Waals surface area contributed by atoms with Crippen molar-refractivity contribution in [3.8, 4) is 0 Å². The van der Waals surface area contributed by atoms with Gasteiger partial charge in [0.25, 0.3) is 0 Å². The van der Waals surface area contributed by atoms with E-state index in [2.05, 4.69) is 4.90 Å². The van der Waals surface area contributed by atoms with Crippen LogP contribution in [0.4, 0.5) is 13.2 Å². The van der Waals surface area contributed by atoms with E-state index in [1.165, 1.54) is 6.07 Å². The maximum Gasteiger partial charge on any atom is 0.416 e. The van der Waals surface area contributed by atoms with Crippen LogP contribution in [0.1, 0.15) is 34.3 Å². The molecule has 3 nitrogen and oxygen atoms in total. The number of ketones is 1. The highest BCUT2D eigenvalue weighted by molar-refractivity contribution is 5.99. The minimum Gasteiger partial charge on any atom is -0.378 e. The van der Waals surface area contributed by atoms with Gasteiger partial charge < -0.3 is 4.74 Å². The zero-order valence-corrected chi connectivity index (χ0v) is 13.2. The van der Waals surface area contributed by atoms with E-state index in [1.807, 2.05) is 7.05 Å². The Balaban J connectivity index is 1.81. The van der Waals surface area contributed by atoms with E-state index < -0.39 is 11.7 Å². The van der Waals surface area contributed by atoms with Crippen molar-refractivity contribution in [2.75, 3.05) is 20.3 Å². The van der Waals surface area contributed by atoms with Crippen molar-refractivity contribution in [3.63, 3.8) is 0 Å². The van der Waals surface area contributed by atoms with Gasteiger partial charge in [-0.1, -0.05) is 6.07 Å². The second-order valence-electron chi connectivity index (χ2n) is 6.57. The predicted octanol–water partition coefficient (Wildman–Crippen LogP) is 3.31. The molecule has 2 saturated heterocycles. The Bertz CT molecular complexity index is 600. The molecular formula is C17H20F3NO2. The summed E-state index contributed by atoms with van der Waals surface area (Å²) in [6, 6.07) is 3.81. The van der Waals surface area contributed by atoms with Gasteiger partial charge in [0.1, 0.15) is 0 Å². The van der Waals surface area contributed by atoms with Crippen molar-refractivity contribution < 1.29 is 22.7 Å². The number of nitrogens with zero attached hydrogens (tertiary/aromatic N) is 1. The lowest BCUT2D eigenvalue weighted by molar-refractivity contribution is -0.137. The average Bonchev–Trinajstić information content (AvgIpc) is 2.45. The van der Waals surface area contributed by atoms with Crippen molar-refractivity contribution >= 4 is 5.78 Å². The van der Waals surface area contributed by atoms with Crippen LogP contribution in [-0.4, -0.2) is 43.0 Å². The summed E-state index contributed by atoms with van der Waals surface area (Å²) in [6.45, 7) is 2.80. The molecule has 1 aromatic carbocycles. The first-order chi connectivity index (χ1) is 10.8. The Morgan fingerprint density at radius 2 is 1.83 bits per heavy atom. The standard InChI is InChI=1S/C17H20F3NO2/c1-10-5-12(17(18,19)20)3-4-15(10)16(22)11-6-13-8-23-9-14(7-11)21(13)2/h3-5,11,13-14H,6-9H2,1-2H3. The molecule has 0 aromatic heterocycles. The normalized spacial score (nSPS) is 28.7. The van der Waals surface area contributed by atoms with Crippen molar-refractivity contribution in [1.29, 1.82) is 0 Å². The van der Waals surface area contributed by atoms with Gasteiger partial charge in [-0.25, -0.2) is 0 Å². The lowest BCUT2D eigenvalue weighted by Crippen LogP contribution is -2.55. The SMILES string of the molecule is Cc1cc(C(F)(F)F)ccc1C(=O)C1CC2COCC(C1)N2C. The number of carbonyl (C=O) groups excluding carboxylic acids is 1. The molecule has 0 aliphatic carbocycles. The topological polar surface area (TPSA) is 29.5 Å². The number of morpholine rings is 1. The molecule has 2 fully saturated rings. The summed E-state index contributed by atoms with van der Waals surface area (Å²) < 4.78 is 43.8. The molecule has 0 amide bonds. The quantitative estimate of drug-likeness (QED) is 0.781. The van der Waals surface area contributed by atoms with Gasteiger partial charge in [0.05, 0.1) is 18.8 Å². The first-order valence-electron chi connectivity index (χ1n) is 7.79. The number of benzene rings is 1. The van der Waals surface area contributed by atoms with Crippen molar-refractivity contribution in [2.45, 2.75) is 38.0 Å². The summed E-state index contributed by atoms with van der Waals surface area (Å²) in [6.07, 6.45) is -2.98. The Morgan fingerprint density at radius 1 is 1.22 bits per heavy atom. The third-order valence-corrected chi connectivity index (χ3v) is 5.08. The van der Waals surface area contributed by atoms with Crippen LogP contribution in [0.3, 0.4) is 0 Å². The summed E-state index contributed by atoms with van der Waals surface area (Å²) in [5.74, 6) is -0.179. The van der Waals surface area contributed by atoms with Crippen LogP contribution in [0.25, 0.3) is 0 Å². The average molecular weight is 327 g/mol. The Hall–Kier alpha value is -1.40. The summed E-state index contributed by atoms with van der Waals surface area (Å²) in [7, 11) is 2.04. The lowest BCUT2D eigenvalue weighted by atomic mass is 9.80. The van der Waals surface area contributed by atoms with Gasteiger partial charge in [-0.05, 0) is 44.5 Å². The van der Waals surface area contributed by atoms with Gasteiger partial charge in [0.15, 0.2) is 5.78 Å². The number of likely N-dealkylation sites (N-methyl/N-ethyl adjacent to an activating group) is 1. The number of halogens is 3. The second-order valence-corrected chi connectivity index (χ2v) is 6.57. The molecule has 1 aromatic rings. The minimum absolute atomic E-state index is 0.0405. The van der Waals surface area contributed by atoms with Crippen LogP contribution in [-0.2, 0) is 10.9 Å². The molecule has 0 spiro atoms. The van der Waals surface area contributed by atoms with Crippen LogP contribution >= 0.6 is 0 Å². The fourth-order valence-electron chi connectivity index (χ4n) is 3.65. The van der Waals surface area contributed by atoms with Crippen molar-refractivity contribution in [1.82, 2.24) is 4.90 Å². The highest BCUT2D eigenvalue weighted by Gasteiger charge is 2.40. The number of rotatable bonds is 2. The number of alkyl halides is 3. The van der Waals surface area contributed by atoms with E-state index in [0.29, 0.717) is 37.2 Å². The van der Waals surface area contributed by atoms with Crippen molar-refractivity contribution in [3.05, 3.63) is 34.9 Å². The molecule has 126 valence electrons. The van der Waals surface area contributed by atoms with Gasteiger partial charge >= 0.3 is 6.18 Å². The number of hydrogen-bond donors (Lipinski definition) is 0. The number of piperidine rings is 1. The highest BCUT2D eigenvalue weighted by atomic mass is 19.4. The number of fused-ring (bicyclic) bond motifs is 2. The maximum absolute atomic E-state index is 12.8. The fraction of sp³-hybridized carbons (Fsp3) is 0.588. The molecule has 0 N–H and O–H groups in total. The van der Waals surface area contributed by atoms with E-state index >= 15 is 0 Å². The monoisotopic (exact) mass is 327 g/mol. The molecule has 0 radical (unpaired) electrons. The zero-order valence-electron chi connectivity index (χ0n) is 13.2. The summed E-state index contributed by atoms with van der Waals surface area (Å²) in [5, 5.41) is 0. The number of carbonyl (C=O) groups is 1. The van der Waals surface area contributed by atoms with Crippen LogP contribution in [0.2, 0.25) is 0 Å². The Kier molecular flexibility index (Phi) is 4.23. The van der Waals surface area contributed by atoms with Gasteiger partial charge in [-0.15, -0.1) is 0 Å². The highest BCUT2D eigenvalue weighted by Crippen LogP contribution is 2.34. The summed E-state index contributed by atoms with van der Waals surface area (Å²) in [4.78, 5) is 15.0. The molecule has 23 heavy (non-hydrogen) atoms. The third kappa shape index (κ3) is 3.15. The van der Waals surface area contributed by atoms with E-state index in [9.17, 15) is 18.0 Å². The van der Waals surface area contributed by atoms with E-state index in [1.54, 1.807) is 6.92 Å². The van der Waals surface area contributed by atoms with Crippen LogP contribution in [0.5, 0.6) is 0 Å². The predicted molar refractivity (Wildman–Crippen MR) is 79.4 cm³/mol. The van der Waals surface area contributed by atoms with E-state index in [0.717, 1.165) is 12.1 Å². The molecule has 3 rings (SSSR count). The number of hydrogen-bond acceptors (Lipinski definition) is 3. The van der Waals surface area contributed by atoms with Crippen LogP contribution in [0.15, 0.2) is 18.2 Å². The van der Waals surface area contributed by atoms with Gasteiger partial charge in [0.2, 0.25) is 0 Å². The number of aryl methyl sites for hydroxylation is 1. The van der Waals surface area contributed by atoms with Gasteiger partial charge in [-0.2, -0.15) is 13.2 Å². The lowest BCUT2D eigenvalue weighted by Gasteiger charge is -2.46. The molecular weight excluding hydrogens is 307 g/mol. The largest absolute Gasteiger partial charge is 0.416 e. The molecule has 2 aliphatic rings. The zero-order chi connectivity index (χ0) is 16.8. The minimum atomic E-state index is -4.38. The third-order valence-electron chi connectivity index (χ3n) is 5.08. The molecule has 2 atom stereocenters. The van der Waals surface area contributed by atoms with Gasteiger partial charge in [-0.3, -0.25) is 9.69 Å². The van der Waals surface area contributed by atoms with Crippen LogP contribution < -0.4 is 0 Å². The molecule has 6 heteroatoms.